The standard InChI is InChI=1S/C19H25N5O3S/c1-2-23(19(28)21-11-14-9-6-10-27-14)15-16(20)24(18(26)22-17(15)25)12-13-7-4-3-5-8-13/h3-5,7-8,14H,2,6,9-12,20H2,1H3,(H,21,28)(H,22,25,26)/t14-/m1/s1. The van der Waals surface area contributed by atoms with Crippen molar-refractivity contribution in [3.8, 4) is 0 Å². The molecule has 1 aliphatic heterocycles. The van der Waals surface area contributed by atoms with Crippen LogP contribution in [0.1, 0.15) is 25.3 Å². The van der Waals surface area contributed by atoms with E-state index in [2.05, 4.69) is 10.3 Å². The van der Waals surface area contributed by atoms with E-state index in [4.69, 9.17) is 22.7 Å². The molecule has 3 rings (SSSR count). The van der Waals surface area contributed by atoms with Gasteiger partial charge >= 0.3 is 5.69 Å². The number of nitrogens with zero attached hydrogens (tertiary/aromatic N) is 2. The van der Waals surface area contributed by atoms with E-state index in [0.717, 1.165) is 25.0 Å². The molecule has 0 aliphatic carbocycles. The third-order valence-corrected chi connectivity index (χ3v) is 5.10. The number of aromatic amines is 1. The van der Waals surface area contributed by atoms with E-state index in [1.165, 1.54) is 4.57 Å². The van der Waals surface area contributed by atoms with Crippen LogP contribution >= 0.6 is 12.2 Å². The van der Waals surface area contributed by atoms with Gasteiger partial charge in [-0.25, -0.2) is 4.79 Å². The van der Waals surface area contributed by atoms with Crippen molar-refractivity contribution >= 4 is 28.8 Å². The van der Waals surface area contributed by atoms with Crippen molar-refractivity contribution < 1.29 is 4.74 Å². The summed E-state index contributed by atoms with van der Waals surface area (Å²) in [6.45, 7) is 3.87. The molecule has 8 nitrogen and oxygen atoms in total. The van der Waals surface area contributed by atoms with Crippen molar-refractivity contribution in [3.05, 3.63) is 56.7 Å². The number of ether oxygens (including phenoxy) is 1. The molecule has 1 aliphatic rings. The normalized spacial score (nSPS) is 16.1. The molecule has 0 radical (unpaired) electrons. The lowest BCUT2D eigenvalue weighted by atomic mass is 10.2. The second-order valence-electron chi connectivity index (χ2n) is 6.63. The van der Waals surface area contributed by atoms with Gasteiger partial charge in [0, 0.05) is 19.7 Å². The number of nitrogens with two attached hydrogens (primary N) is 1. The Balaban J connectivity index is 1.88. The maximum absolute atomic E-state index is 12.5. The van der Waals surface area contributed by atoms with Crippen LogP contribution in [0.3, 0.4) is 0 Å². The molecule has 0 bridgehead atoms. The van der Waals surface area contributed by atoms with Gasteiger partial charge in [-0.15, -0.1) is 0 Å². The summed E-state index contributed by atoms with van der Waals surface area (Å²) in [6.07, 6.45) is 2.12. The second kappa shape index (κ2) is 9.03. The number of rotatable bonds is 6. The fraction of sp³-hybridized carbons (Fsp3) is 0.421. The lowest BCUT2D eigenvalue weighted by Gasteiger charge is -2.26. The lowest BCUT2D eigenvalue weighted by Crippen LogP contribution is -2.46. The van der Waals surface area contributed by atoms with Gasteiger partial charge < -0.3 is 20.7 Å². The van der Waals surface area contributed by atoms with Crippen molar-refractivity contribution in [1.29, 1.82) is 0 Å². The van der Waals surface area contributed by atoms with E-state index in [-0.39, 0.29) is 24.2 Å². The van der Waals surface area contributed by atoms with Gasteiger partial charge in [0.25, 0.3) is 5.56 Å². The highest BCUT2D eigenvalue weighted by Gasteiger charge is 2.22. The molecule has 9 heteroatoms. The molecule has 2 aromatic rings. The lowest BCUT2D eigenvalue weighted by molar-refractivity contribution is 0.114. The van der Waals surface area contributed by atoms with Gasteiger partial charge in [-0.2, -0.15) is 0 Å². The molecule has 1 atom stereocenters. The van der Waals surface area contributed by atoms with Crippen LogP contribution in [0.5, 0.6) is 0 Å². The van der Waals surface area contributed by atoms with Crippen LogP contribution in [0.2, 0.25) is 0 Å². The van der Waals surface area contributed by atoms with E-state index in [9.17, 15) is 9.59 Å². The molecular formula is C19H25N5O3S. The first-order valence-electron chi connectivity index (χ1n) is 9.34. The quantitative estimate of drug-likeness (QED) is 0.619. The summed E-state index contributed by atoms with van der Waals surface area (Å²) < 4.78 is 6.94. The van der Waals surface area contributed by atoms with Crippen molar-refractivity contribution in [2.24, 2.45) is 0 Å². The fourth-order valence-corrected chi connectivity index (χ4v) is 3.57. The van der Waals surface area contributed by atoms with Gasteiger partial charge in [0.1, 0.15) is 5.82 Å². The van der Waals surface area contributed by atoms with Crippen molar-refractivity contribution in [3.63, 3.8) is 0 Å². The highest BCUT2D eigenvalue weighted by atomic mass is 32.1. The number of anilines is 2. The summed E-state index contributed by atoms with van der Waals surface area (Å²) in [5.74, 6) is 0.0840. The van der Waals surface area contributed by atoms with Gasteiger partial charge in [-0.05, 0) is 37.5 Å². The zero-order valence-corrected chi connectivity index (χ0v) is 16.6. The van der Waals surface area contributed by atoms with Crippen LogP contribution in [0.4, 0.5) is 11.5 Å². The van der Waals surface area contributed by atoms with Crippen LogP contribution in [0.25, 0.3) is 0 Å². The number of benzene rings is 1. The van der Waals surface area contributed by atoms with E-state index in [0.29, 0.717) is 18.2 Å². The van der Waals surface area contributed by atoms with Crippen molar-refractivity contribution in [1.82, 2.24) is 14.9 Å². The molecule has 1 saturated heterocycles. The average Bonchev–Trinajstić information content (AvgIpc) is 3.21. The van der Waals surface area contributed by atoms with Crippen molar-refractivity contribution in [2.45, 2.75) is 32.4 Å². The molecule has 1 aromatic carbocycles. The number of hydrogen-bond acceptors (Lipinski definition) is 5. The van der Waals surface area contributed by atoms with Gasteiger partial charge in [-0.3, -0.25) is 14.3 Å². The third-order valence-electron chi connectivity index (χ3n) is 4.73. The number of thiocarbonyl (C=S) groups is 1. The van der Waals surface area contributed by atoms with E-state index in [1.54, 1.807) is 4.90 Å². The maximum Gasteiger partial charge on any atom is 0.330 e. The Morgan fingerprint density at radius 1 is 1.39 bits per heavy atom. The second-order valence-corrected chi connectivity index (χ2v) is 7.02. The fourth-order valence-electron chi connectivity index (χ4n) is 3.27. The molecule has 0 amide bonds. The molecule has 0 unspecified atom stereocenters. The van der Waals surface area contributed by atoms with Crippen LogP contribution in [0, 0.1) is 0 Å². The highest BCUT2D eigenvalue weighted by Crippen LogP contribution is 2.18. The summed E-state index contributed by atoms with van der Waals surface area (Å²) in [4.78, 5) is 28.8. The SMILES string of the molecule is CCN(C(=S)NC[C@H]1CCCO1)c1c(N)n(Cc2ccccc2)c(=O)[nH]c1=O. The number of hydrogen-bond donors (Lipinski definition) is 3. The molecule has 1 aromatic heterocycles. The third kappa shape index (κ3) is 4.42. The maximum atomic E-state index is 12.5. The van der Waals surface area contributed by atoms with Crippen molar-refractivity contribution in [2.75, 3.05) is 30.3 Å². The van der Waals surface area contributed by atoms with E-state index < -0.39 is 11.2 Å². The Hall–Kier alpha value is -2.65. The Kier molecular flexibility index (Phi) is 6.48. The summed E-state index contributed by atoms with van der Waals surface area (Å²) in [5.41, 5.74) is 6.21. The number of nitrogens with one attached hydrogen (secondary N) is 2. The van der Waals surface area contributed by atoms with Crippen LogP contribution in [-0.2, 0) is 11.3 Å². The predicted molar refractivity (Wildman–Crippen MR) is 114 cm³/mol. The Morgan fingerprint density at radius 3 is 2.79 bits per heavy atom. The first-order chi connectivity index (χ1) is 13.5. The van der Waals surface area contributed by atoms with Crippen LogP contribution in [-0.4, -0.2) is 40.5 Å². The summed E-state index contributed by atoms with van der Waals surface area (Å²) in [7, 11) is 0. The molecule has 0 spiro atoms. The Labute approximate surface area is 168 Å². The monoisotopic (exact) mass is 403 g/mol. The minimum absolute atomic E-state index is 0.0840. The minimum Gasteiger partial charge on any atom is -0.383 e. The predicted octanol–water partition coefficient (Wildman–Crippen LogP) is 1.05. The number of nitrogen functional groups attached to an aromatic ring is 1. The minimum atomic E-state index is -0.560. The Morgan fingerprint density at radius 2 is 2.14 bits per heavy atom. The topological polar surface area (TPSA) is 105 Å². The number of H-pyrrole nitrogens is 1. The molecule has 1 fully saturated rings. The largest absolute Gasteiger partial charge is 0.383 e. The molecule has 4 N–H and O–H groups in total. The first kappa shape index (κ1) is 20.1. The zero-order chi connectivity index (χ0) is 20.1. The number of aromatic nitrogens is 2. The first-order valence-corrected chi connectivity index (χ1v) is 9.75. The summed E-state index contributed by atoms with van der Waals surface area (Å²) in [6, 6.07) is 9.44. The molecular weight excluding hydrogens is 378 g/mol. The summed E-state index contributed by atoms with van der Waals surface area (Å²) >= 11 is 5.48. The van der Waals surface area contributed by atoms with E-state index in [1.807, 2.05) is 37.3 Å². The van der Waals surface area contributed by atoms with Crippen LogP contribution in [0.15, 0.2) is 39.9 Å². The smallest absolute Gasteiger partial charge is 0.330 e. The summed E-state index contributed by atoms with van der Waals surface area (Å²) in [5, 5.41) is 3.52. The van der Waals surface area contributed by atoms with E-state index >= 15 is 0 Å². The zero-order valence-electron chi connectivity index (χ0n) is 15.8. The average molecular weight is 404 g/mol. The van der Waals surface area contributed by atoms with Gasteiger partial charge in [-0.1, -0.05) is 30.3 Å². The molecule has 150 valence electrons. The highest BCUT2D eigenvalue weighted by molar-refractivity contribution is 7.80. The molecule has 2 heterocycles. The molecule has 0 saturated carbocycles. The van der Waals surface area contributed by atoms with Crippen LogP contribution < -0.4 is 27.2 Å². The Bertz CT molecular complexity index is 935. The molecule has 28 heavy (non-hydrogen) atoms. The van der Waals surface area contributed by atoms with Gasteiger partial charge in [0.15, 0.2) is 10.8 Å². The van der Waals surface area contributed by atoms with Gasteiger partial charge in [0.05, 0.1) is 12.6 Å². The van der Waals surface area contributed by atoms with Gasteiger partial charge in [0.2, 0.25) is 0 Å².